The van der Waals surface area contributed by atoms with E-state index in [1.807, 2.05) is 36.1 Å². The summed E-state index contributed by atoms with van der Waals surface area (Å²) in [7, 11) is 0. The minimum absolute atomic E-state index is 0.00707. The van der Waals surface area contributed by atoms with E-state index in [-0.39, 0.29) is 11.8 Å². The maximum Gasteiger partial charge on any atom is 0.222 e. The average molecular weight is 316 g/mol. The molecule has 1 aliphatic rings. The van der Waals surface area contributed by atoms with Gasteiger partial charge in [0.25, 0.3) is 0 Å². The lowest BCUT2D eigenvalue weighted by Gasteiger charge is -2.33. The molecule has 1 aliphatic carbocycles. The Balaban J connectivity index is 1.77. The summed E-state index contributed by atoms with van der Waals surface area (Å²) >= 11 is 0. The molecule has 4 nitrogen and oxygen atoms in total. The van der Waals surface area contributed by atoms with Gasteiger partial charge in [0.05, 0.1) is 0 Å². The number of rotatable bonds is 6. The maximum atomic E-state index is 12.0. The molecule has 0 spiro atoms. The first-order valence-corrected chi connectivity index (χ1v) is 8.65. The maximum absolute atomic E-state index is 12.0. The number of aryl methyl sites for hydroxylation is 1. The van der Waals surface area contributed by atoms with Crippen molar-refractivity contribution in [3.05, 3.63) is 35.4 Å². The van der Waals surface area contributed by atoms with E-state index in [2.05, 4.69) is 5.32 Å². The summed E-state index contributed by atoms with van der Waals surface area (Å²) in [5.74, 6) is 0.0934. The summed E-state index contributed by atoms with van der Waals surface area (Å²) in [5, 5.41) is 2.94. The third kappa shape index (κ3) is 5.70. The number of nitrogens with zero attached hydrogens (tertiary/aromatic N) is 1. The number of carbonyl (C=O) groups is 2. The highest BCUT2D eigenvalue weighted by atomic mass is 16.2. The second-order valence-corrected chi connectivity index (χ2v) is 6.52. The monoisotopic (exact) mass is 316 g/mol. The quantitative estimate of drug-likeness (QED) is 0.876. The van der Waals surface area contributed by atoms with Crippen molar-refractivity contribution >= 4 is 11.8 Å². The van der Waals surface area contributed by atoms with Crippen LogP contribution < -0.4 is 5.32 Å². The van der Waals surface area contributed by atoms with E-state index in [9.17, 15) is 9.59 Å². The third-order valence-corrected chi connectivity index (χ3v) is 4.61. The second kappa shape index (κ2) is 8.70. The third-order valence-electron chi connectivity index (χ3n) is 4.61. The molecular weight excluding hydrogens is 288 g/mol. The van der Waals surface area contributed by atoms with Gasteiger partial charge in [0, 0.05) is 32.5 Å². The van der Waals surface area contributed by atoms with Gasteiger partial charge in [0.2, 0.25) is 11.8 Å². The lowest BCUT2D eigenvalue weighted by atomic mass is 9.94. The van der Waals surface area contributed by atoms with E-state index >= 15 is 0 Å². The molecule has 1 N–H and O–H groups in total. The van der Waals surface area contributed by atoms with Crippen molar-refractivity contribution in [3.8, 4) is 0 Å². The van der Waals surface area contributed by atoms with Gasteiger partial charge in [0.15, 0.2) is 0 Å². The lowest BCUT2D eigenvalue weighted by molar-refractivity contribution is -0.132. The Labute approximate surface area is 139 Å². The Hall–Kier alpha value is -1.84. The van der Waals surface area contributed by atoms with Crippen molar-refractivity contribution in [2.75, 3.05) is 6.54 Å². The zero-order valence-corrected chi connectivity index (χ0v) is 14.3. The van der Waals surface area contributed by atoms with Gasteiger partial charge in [0.1, 0.15) is 0 Å². The van der Waals surface area contributed by atoms with Crippen molar-refractivity contribution in [1.82, 2.24) is 10.2 Å². The molecule has 0 aliphatic heterocycles. The van der Waals surface area contributed by atoms with E-state index in [1.165, 1.54) is 24.8 Å². The summed E-state index contributed by atoms with van der Waals surface area (Å²) in [5.41, 5.74) is 2.31. The van der Waals surface area contributed by atoms with E-state index in [4.69, 9.17) is 0 Å². The normalized spacial score (nSPS) is 15.2. The van der Waals surface area contributed by atoms with E-state index in [1.54, 1.807) is 6.92 Å². The Morgan fingerprint density at radius 3 is 2.39 bits per heavy atom. The first-order valence-electron chi connectivity index (χ1n) is 8.65. The molecule has 4 heteroatoms. The summed E-state index contributed by atoms with van der Waals surface area (Å²) in [6.45, 7) is 4.73. The fourth-order valence-corrected chi connectivity index (χ4v) is 3.21. The molecule has 0 saturated heterocycles. The minimum atomic E-state index is 0.00707. The van der Waals surface area contributed by atoms with E-state index < -0.39 is 0 Å². The molecule has 1 aromatic rings. The van der Waals surface area contributed by atoms with Crippen LogP contribution in [-0.4, -0.2) is 29.3 Å². The molecule has 0 atom stereocenters. The lowest BCUT2D eigenvalue weighted by Crippen LogP contribution is -2.42. The van der Waals surface area contributed by atoms with Crippen LogP contribution in [0.5, 0.6) is 0 Å². The Morgan fingerprint density at radius 2 is 1.78 bits per heavy atom. The fraction of sp³-hybridized carbons (Fsp3) is 0.579. The molecule has 23 heavy (non-hydrogen) atoms. The van der Waals surface area contributed by atoms with Crippen molar-refractivity contribution in [2.24, 2.45) is 0 Å². The van der Waals surface area contributed by atoms with Gasteiger partial charge in [-0.15, -0.1) is 0 Å². The highest BCUT2D eigenvalue weighted by Crippen LogP contribution is 2.22. The number of hydrogen-bond donors (Lipinski definition) is 1. The van der Waals surface area contributed by atoms with Gasteiger partial charge in [-0.25, -0.2) is 0 Å². The molecule has 1 aromatic carbocycles. The van der Waals surface area contributed by atoms with Crippen molar-refractivity contribution in [1.29, 1.82) is 0 Å². The van der Waals surface area contributed by atoms with Crippen LogP contribution in [0.25, 0.3) is 0 Å². The number of nitrogens with one attached hydrogen (secondary N) is 1. The first-order chi connectivity index (χ1) is 11.1. The van der Waals surface area contributed by atoms with Crippen LogP contribution in [0, 0.1) is 6.92 Å². The highest BCUT2D eigenvalue weighted by Gasteiger charge is 2.23. The zero-order chi connectivity index (χ0) is 16.7. The predicted octanol–water partition coefficient (Wildman–Crippen LogP) is 3.18. The molecule has 1 saturated carbocycles. The summed E-state index contributed by atoms with van der Waals surface area (Å²) < 4.78 is 0. The Morgan fingerprint density at radius 1 is 1.13 bits per heavy atom. The highest BCUT2D eigenvalue weighted by molar-refractivity contribution is 5.78. The van der Waals surface area contributed by atoms with E-state index in [0.29, 0.717) is 25.6 Å². The van der Waals surface area contributed by atoms with Gasteiger partial charge in [-0.05, 0) is 25.3 Å². The van der Waals surface area contributed by atoms with Crippen LogP contribution in [0.15, 0.2) is 24.3 Å². The fourth-order valence-electron chi connectivity index (χ4n) is 3.21. The Bertz CT molecular complexity index is 519. The zero-order valence-electron chi connectivity index (χ0n) is 14.3. The van der Waals surface area contributed by atoms with E-state index in [0.717, 1.165) is 18.4 Å². The van der Waals surface area contributed by atoms with Crippen LogP contribution >= 0.6 is 0 Å². The molecule has 126 valence electrons. The molecular formula is C19H28N2O2. The molecule has 0 bridgehead atoms. The second-order valence-electron chi connectivity index (χ2n) is 6.52. The largest absolute Gasteiger partial charge is 0.352 e. The molecule has 2 amide bonds. The molecule has 0 heterocycles. The van der Waals surface area contributed by atoms with Crippen molar-refractivity contribution in [2.45, 2.75) is 65.0 Å². The van der Waals surface area contributed by atoms with Gasteiger partial charge >= 0.3 is 0 Å². The van der Waals surface area contributed by atoms with Crippen LogP contribution in [0.2, 0.25) is 0 Å². The first kappa shape index (κ1) is 17.5. The topological polar surface area (TPSA) is 49.4 Å². The number of hydrogen-bond acceptors (Lipinski definition) is 2. The van der Waals surface area contributed by atoms with Gasteiger partial charge in [-0.1, -0.05) is 49.1 Å². The van der Waals surface area contributed by atoms with Gasteiger partial charge < -0.3 is 10.2 Å². The summed E-state index contributed by atoms with van der Waals surface area (Å²) in [6, 6.07) is 8.47. The summed E-state index contributed by atoms with van der Waals surface area (Å²) in [4.78, 5) is 25.8. The van der Waals surface area contributed by atoms with Crippen LogP contribution in [0.3, 0.4) is 0 Å². The van der Waals surface area contributed by atoms with Gasteiger partial charge in [-0.2, -0.15) is 0 Å². The molecule has 2 rings (SSSR count). The van der Waals surface area contributed by atoms with Crippen molar-refractivity contribution < 1.29 is 9.59 Å². The van der Waals surface area contributed by atoms with Crippen molar-refractivity contribution in [3.63, 3.8) is 0 Å². The van der Waals surface area contributed by atoms with Crippen LogP contribution in [-0.2, 0) is 16.1 Å². The summed E-state index contributed by atoms with van der Waals surface area (Å²) in [6.07, 6.45) is 6.17. The predicted molar refractivity (Wildman–Crippen MR) is 91.9 cm³/mol. The molecule has 1 fully saturated rings. The Kier molecular flexibility index (Phi) is 6.63. The molecule has 0 radical (unpaired) electrons. The van der Waals surface area contributed by atoms with Gasteiger partial charge in [-0.3, -0.25) is 9.59 Å². The standard InChI is InChI=1S/C19H28N2O2/c1-15-8-10-17(11-9-15)14-20-19(23)12-13-21(16(2)22)18-6-4-3-5-7-18/h8-11,18H,3-7,12-14H2,1-2H3,(H,20,23). The SMILES string of the molecule is CC(=O)N(CCC(=O)NCc1ccc(C)cc1)C1CCCCC1. The van der Waals surface area contributed by atoms with Crippen LogP contribution in [0.4, 0.5) is 0 Å². The number of carbonyl (C=O) groups excluding carboxylic acids is 2. The average Bonchev–Trinajstić information content (AvgIpc) is 2.55. The number of amides is 2. The minimum Gasteiger partial charge on any atom is -0.352 e. The molecule has 0 aromatic heterocycles. The number of benzene rings is 1. The van der Waals surface area contributed by atoms with Crippen LogP contribution in [0.1, 0.15) is 56.6 Å². The smallest absolute Gasteiger partial charge is 0.222 e. The molecule has 0 unspecified atom stereocenters.